The SMILES string of the molecule is CC(=O)OCCOCCOCCOc1cc(C)c(OCCOCCOCCOC(C)=O)c2c1SC(=C(C#N)C#N)S2. The maximum atomic E-state index is 10.7. The molecule has 0 saturated carbocycles. The number of nitrogens with zero attached hydrogens (tertiary/aromatic N) is 2. The number of thioether (sulfide) groups is 2. The summed E-state index contributed by atoms with van der Waals surface area (Å²) in [6.45, 7) is 8.26. The highest BCUT2D eigenvalue weighted by Crippen LogP contribution is 2.59. The van der Waals surface area contributed by atoms with Gasteiger partial charge in [-0.1, -0.05) is 23.5 Å². The number of hydrogen-bond donors (Lipinski definition) is 0. The minimum Gasteiger partial charge on any atom is -0.490 e. The molecule has 1 heterocycles. The molecule has 41 heavy (non-hydrogen) atoms. The van der Waals surface area contributed by atoms with Crippen LogP contribution in [0.1, 0.15) is 19.4 Å². The molecule has 0 bridgehead atoms. The zero-order valence-corrected chi connectivity index (χ0v) is 25.0. The predicted octanol–water partition coefficient (Wildman–Crippen LogP) is 3.40. The zero-order chi connectivity index (χ0) is 29.9. The first-order chi connectivity index (χ1) is 19.9. The lowest BCUT2D eigenvalue weighted by Gasteiger charge is -2.16. The second-order valence-corrected chi connectivity index (χ2v) is 10.4. The summed E-state index contributed by atoms with van der Waals surface area (Å²) in [7, 11) is 0. The Morgan fingerprint density at radius 1 is 0.683 bits per heavy atom. The third kappa shape index (κ3) is 13.0. The molecule has 0 radical (unpaired) electrons. The molecule has 0 amide bonds. The van der Waals surface area contributed by atoms with E-state index in [-0.39, 0.29) is 43.9 Å². The van der Waals surface area contributed by atoms with Gasteiger partial charge in [0.25, 0.3) is 0 Å². The van der Waals surface area contributed by atoms with Crippen molar-refractivity contribution in [2.45, 2.75) is 30.6 Å². The van der Waals surface area contributed by atoms with E-state index in [1.54, 1.807) is 0 Å². The molecule has 2 rings (SSSR count). The summed E-state index contributed by atoms with van der Waals surface area (Å²) in [5.74, 6) is 0.552. The van der Waals surface area contributed by atoms with E-state index in [9.17, 15) is 20.1 Å². The highest BCUT2D eigenvalue weighted by Gasteiger charge is 2.30. The Morgan fingerprint density at radius 2 is 1.12 bits per heavy atom. The van der Waals surface area contributed by atoms with Crippen LogP contribution in [0.4, 0.5) is 0 Å². The van der Waals surface area contributed by atoms with Gasteiger partial charge in [0.1, 0.15) is 55.6 Å². The molecule has 0 aromatic heterocycles. The van der Waals surface area contributed by atoms with Crippen molar-refractivity contribution in [2.75, 3.05) is 79.3 Å². The summed E-state index contributed by atoms with van der Waals surface area (Å²) in [6, 6.07) is 5.75. The van der Waals surface area contributed by atoms with E-state index in [2.05, 4.69) is 0 Å². The lowest BCUT2D eigenvalue weighted by molar-refractivity contribution is -0.143. The summed E-state index contributed by atoms with van der Waals surface area (Å²) < 4.78 is 43.9. The number of allylic oxidation sites excluding steroid dienone is 1. The van der Waals surface area contributed by atoms with Gasteiger partial charge in [-0.2, -0.15) is 10.5 Å². The molecule has 0 N–H and O–H groups in total. The molecule has 0 fully saturated rings. The molecule has 0 aliphatic carbocycles. The van der Waals surface area contributed by atoms with Crippen LogP contribution in [0, 0.1) is 29.6 Å². The van der Waals surface area contributed by atoms with Gasteiger partial charge in [-0.3, -0.25) is 9.59 Å². The number of ether oxygens (including phenoxy) is 8. The minimum atomic E-state index is -0.347. The fourth-order valence-corrected chi connectivity index (χ4v) is 5.75. The molecule has 0 spiro atoms. The van der Waals surface area contributed by atoms with Crippen LogP contribution in [0.15, 0.2) is 25.7 Å². The van der Waals surface area contributed by atoms with Gasteiger partial charge in [-0.25, -0.2) is 0 Å². The van der Waals surface area contributed by atoms with Crippen molar-refractivity contribution in [3.63, 3.8) is 0 Å². The lowest BCUT2D eigenvalue weighted by atomic mass is 10.2. The number of fused-ring (bicyclic) bond motifs is 1. The molecule has 224 valence electrons. The fraction of sp³-hybridized carbons (Fsp3) is 0.556. The van der Waals surface area contributed by atoms with Gasteiger partial charge in [-0.05, 0) is 18.6 Å². The summed E-state index contributed by atoms with van der Waals surface area (Å²) in [5.41, 5.74) is 0.860. The Labute approximate surface area is 248 Å². The molecule has 1 aromatic carbocycles. The first-order valence-corrected chi connectivity index (χ1v) is 14.4. The summed E-state index contributed by atoms with van der Waals surface area (Å²) in [4.78, 5) is 23.0. The van der Waals surface area contributed by atoms with Gasteiger partial charge < -0.3 is 37.9 Å². The number of rotatable bonds is 20. The normalized spacial score (nSPS) is 11.8. The lowest BCUT2D eigenvalue weighted by Crippen LogP contribution is -2.14. The topological polar surface area (TPSA) is 156 Å². The van der Waals surface area contributed by atoms with Crippen molar-refractivity contribution in [3.8, 4) is 23.6 Å². The van der Waals surface area contributed by atoms with Crippen LogP contribution in [-0.4, -0.2) is 91.2 Å². The van der Waals surface area contributed by atoms with E-state index in [1.807, 2.05) is 25.1 Å². The first-order valence-electron chi connectivity index (χ1n) is 12.8. The van der Waals surface area contributed by atoms with Crippen molar-refractivity contribution in [3.05, 3.63) is 21.4 Å². The standard InChI is InChI=1S/C27H34N2O10S2/c1-19-16-23(38-14-10-34-6-4-32-8-12-36-20(2)30)25-26(41-27(40-25)22(17-28)18-29)24(19)39-15-11-35-7-5-33-9-13-37-21(3)31/h16H,4-15H2,1-3H3. The maximum absolute atomic E-state index is 10.7. The van der Waals surface area contributed by atoms with E-state index in [1.165, 1.54) is 37.4 Å². The van der Waals surface area contributed by atoms with Crippen LogP contribution in [-0.2, 0) is 38.0 Å². The predicted molar refractivity (Wildman–Crippen MR) is 149 cm³/mol. The monoisotopic (exact) mass is 610 g/mol. The van der Waals surface area contributed by atoms with Crippen molar-refractivity contribution < 1.29 is 47.5 Å². The molecule has 0 saturated heterocycles. The Morgan fingerprint density at radius 3 is 1.61 bits per heavy atom. The number of carbonyl (C=O) groups is 2. The molecule has 1 aliphatic heterocycles. The van der Waals surface area contributed by atoms with Crippen molar-refractivity contribution in [2.24, 2.45) is 0 Å². The van der Waals surface area contributed by atoms with Crippen molar-refractivity contribution in [1.29, 1.82) is 10.5 Å². The van der Waals surface area contributed by atoms with E-state index in [0.717, 1.165) is 15.4 Å². The fourth-order valence-electron chi connectivity index (χ4n) is 3.17. The zero-order valence-electron chi connectivity index (χ0n) is 23.4. The van der Waals surface area contributed by atoms with Crippen molar-refractivity contribution in [1.82, 2.24) is 0 Å². The van der Waals surface area contributed by atoms with Gasteiger partial charge in [0, 0.05) is 13.8 Å². The Kier molecular flexibility index (Phi) is 16.7. The van der Waals surface area contributed by atoms with Crippen molar-refractivity contribution >= 4 is 35.5 Å². The molecule has 14 heteroatoms. The van der Waals surface area contributed by atoms with Crippen LogP contribution in [0.25, 0.3) is 0 Å². The molecular formula is C27H34N2O10S2. The Hall–Kier alpha value is -2.98. The molecule has 12 nitrogen and oxygen atoms in total. The van der Waals surface area contributed by atoms with E-state index in [0.29, 0.717) is 68.6 Å². The Balaban J connectivity index is 1.85. The third-order valence-corrected chi connectivity index (χ3v) is 7.54. The average Bonchev–Trinajstić information content (AvgIpc) is 3.37. The summed E-state index contributed by atoms with van der Waals surface area (Å²) in [6.07, 6.45) is 0. The van der Waals surface area contributed by atoms with Gasteiger partial charge in [0.2, 0.25) is 0 Å². The first kappa shape index (κ1) is 34.2. The second kappa shape index (κ2) is 20.0. The van der Waals surface area contributed by atoms with Crippen LogP contribution >= 0.6 is 23.5 Å². The quantitative estimate of drug-likeness (QED) is 0.120. The maximum Gasteiger partial charge on any atom is 0.302 e. The highest BCUT2D eigenvalue weighted by molar-refractivity contribution is 8.24. The number of benzene rings is 1. The smallest absolute Gasteiger partial charge is 0.302 e. The van der Waals surface area contributed by atoms with Crippen LogP contribution < -0.4 is 9.47 Å². The number of aryl methyl sites for hydroxylation is 1. The van der Waals surface area contributed by atoms with E-state index >= 15 is 0 Å². The molecule has 1 aliphatic rings. The number of carbonyl (C=O) groups excluding carboxylic acids is 2. The van der Waals surface area contributed by atoms with E-state index < -0.39 is 0 Å². The van der Waals surface area contributed by atoms with E-state index in [4.69, 9.17) is 37.9 Å². The van der Waals surface area contributed by atoms with Gasteiger partial charge in [0.05, 0.1) is 66.9 Å². The van der Waals surface area contributed by atoms with Crippen LogP contribution in [0.3, 0.4) is 0 Å². The second-order valence-electron chi connectivity index (χ2n) is 8.10. The van der Waals surface area contributed by atoms with Crippen LogP contribution in [0.5, 0.6) is 11.5 Å². The van der Waals surface area contributed by atoms with Gasteiger partial charge in [0.15, 0.2) is 0 Å². The number of nitriles is 2. The highest BCUT2D eigenvalue weighted by atomic mass is 32.2. The summed E-state index contributed by atoms with van der Waals surface area (Å²) in [5, 5.41) is 18.7. The molecule has 0 unspecified atom stereocenters. The Bertz CT molecular complexity index is 1110. The average molecular weight is 611 g/mol. The number of esters is 2. The van der Waals surface area contributed by atoms with Crippen LogP contribution in [0.2, 0.25) is 0 Å². The molecule has 0 atom stereocenters. The van der Waals surface area contributed by atoms with Gasteiger partial charge >= 0.3 is 11.9 Å². The largest absolute Gasteiger partial charge is 0.490 e. The molecular weight excluding hydrogens is 576 g/mol. The number of hydrogen-bond acceptors (Lipinski definition) is 14. The minimum absolute atomic E-state index is 0.0276. The summed E-state index contributed by atoms with van der Waals surface area (Å²) >= 11 is 2.60. The van der Waals surface area contributed by atoms with Gasteiger partial charge in [-0.15, -0.1) is 0 Å². The molecule has 1 aromatic rings. The third-order valence-electron chi connectivity index (χ3n) is 4.93.